The van der Waals surface area contributed by atoms with E-state index in [1.54, 1.807) is 0 Å². The van der Waals surface area contributed by atoms with Gasteiger partial charge in [0.1, 0.15) is 0 Å². The molecule has 0 N–H and O–H groups in total. The normalized spacial score (nSPS) is 21.4. The molecule has 1 aliphatic rings. The second-order valence-electron chi connectivity index (χ2n) is 4.05. The predicted octanol–water partition coefficient (Wildman–Crippen LogP) is 1.87. The Labute approximate surface area is 87.4 Å². The molecule has 0 aromatic heterocycles. The summed E-state index contributed by atoms with van der Waals surface area (Å²) in [6.07, 6.45) is 3.26. The number of hydrogen-bond acceptors (Lipinski definition) is 3. The van der Waals surface area contributed by atoms with Crippen molar-refractivity contribution in [2.24, 2.45) is 0 Å². The molecule has 1 saturated heterocycles. The Kier molecular flexibility index (Phi) is 5.45. The van der Waals surface area contributed by atoms with Gasteiger partial charge in [-0.1, -0.05) is 6.92 Å². The van der Waals surface area contributed by atoms with E-state index in [2.05, 4.69) is 25.8 Å². The molecule has 0 saturated carbocycles. The van der Waals surface area contributed by atoms with Gasteiger partial charge in [-0.15, -0.1) is 0 Å². The summed E-state index contributed by atoms with van der Waals surface area (Å²) in [6, 6.07) is 0.651. The summed E-state index contributed by atoms with van der Waals surface area (Å²) in [5.74, 6) is 0. The van der Waals surface area contributed by atoms with Crippen LogP contribution in [0.5, 0.6) is 0 Å². The van der Waals surface area contributed by atoms with E-state index in [0.717, 1.165) is 32.6 Å². The van der Waals surface area contributed by atoms with Gasteiger partial charge in [0.2, 0.25) is 0 Å². The van der Waals surface area contributed by atoms with Crippen LogP contribution in [-0.2, 0) is 9.47 Å². The van der Waals surface area contributed by atoms with Gasteiger partial charge >= 0.3 is 0 Å². The molecule has 0 aromatic rings. The molecule has 0 amide bonds. The number of hydrogen-bond donors (Lipinski definition) is 0. The van der Waals surface area contributed by atoms with Crippen LogP contribution in [-0.4, -0.2) is 44.0 Å². The molecular formula is C11H23NO2. The zero-order chi connectivity index (χ0) is 10.4. The van der Waals surface area contributed by atoms with E-state index in [-0.39, 0.29) is 6.29 Å². The van der Waals surface area contributed by atoms with Crippen molar-refractivity contribution in [2.45, 2.75) is 45.4 Å². The number of rotatable bonds is 5. The lowest BCUT2D eigenvalue weighted by Gasteiger charge is -2.28. The van der Waals surface area contributed by atoms with Crippen molar-refractivity contribution in [2.75, 3.05) is 26.8 Å². The largest absolute Gasteiger partial charge is 0.353 e. The third-order valence-corrected chi connectivity index (χ3v) is 2.96. The van der Waals surface area contributed by atoms with Gasteiger partial charge in [0.25, 0.3) is 0 Å². The van der Waals surface area contributed by atoms with Gasteiger partial charge in [-0.05, 0) is 26.8 Å². The molecule has 3 nitrogen and oxygen atoms in total. The molecule has 14 heavy (non-hydrogen) atoms. The van der Waals surface area contributed by atoms with Crippen LogP contribution in [0.3, 0.4) is 0 Å². The highest BCUT2D eigenvalue weighted by Crippen LogP contribution is 2.10. The third-order valence-electron chi connectivity index (χ3n) is 2.96. The molecule has 3 heteroatoms. The van der Waals surface area contributed by atoms with Crippen LogP contribution in [0.15, 0.2) is 0 Å². The lowest BCUT2D eigenvalue weighted by molar-refractivity contribution is -0.182. The summed E-state index contributed by atoms with van der Waals surface area (Å²) < 4.78 is 11.0. The molecule has 1 rings (SSSR count). The van der Waals surface area contributed by atoms with Crippen LogP contribution in [0, 0.1) is 0 Å². The molecule has 1 fully saturated rings. The van der Waals surface area contributed by atoms with E-state index in [1.165, 1.54) is 6.42 Å². The van der Waals surface area contributed by atoms with Crippen LogP contribution < -0.4 is 0 Å². The van der Waals surface area contributed by atoms with Crippen LogP contribution >= 0.6 is 0 Å². The Morgan fingerprint density at radius 1 is 1.36 bits per heavy atom. The minimum atomic E-state index is 0.0373. The van der Waals surface area contributed by atoms with Gasteiger partial charge in [0, 0.05) is 19.0 Å². The van der Waals surface area contributed by atoms with Crippen molar-refractivity contribution < 1.29 is 9.47 Å². The Bertz CT molecular complexity index is 144. The monoisotopic (exact) mass is 201 g/mol. The number of nitrogens with zero attached hydrogens (tertiary/aromatic N) is 1. The van der Waals surface area contributed by atoms with Crippen molar-refractivity contribution in [1.29, 1.82) is 0 Å². The molecule has 0 aliphatic carbocycles. The summed E-state index contributed by atoms with van der Waals surface area (Å²) in [4.78, 5) is 2.36. The zero-order valence-corrected chi connectivity index (χ0v) is 9.66. The van der Waals surface area contributed by atoms with Crippen LogP contribution in [0.1, 0.15) is 33.1 Å². The highest BCUT2D eigenvalue weighted by Gasteiger charge is 2.15. The van der Waals surface area contributed by atoms with Crippen molar-refractivity contribution >= 4 is 0 Å². The first-order chi connectivity index (χ1) is 6.74. The predicted molar refractivity (Wildman–Crippen MR) is 57.3 cm³/mol. The van der Waals surface area contributed by atoms with E-state index >= 15 is 0 Å². The maximum atomic E-state index is 5.49. The quantitative estimate of drug-likeness (QED) is 0.678. The van der Waals surface area contributed by atoms with Crippen LogP contribution in [0.25, 0.3) is 0 Å². The standard InChI is InChI=1S/C11H23NO2/c1-4-10(2)12(3)7-6-11-13-8-5-9-14-11/h10-11H,4-9H2,1-3H3. The average molecular weight is 201 g/mol. The molecule has 1 atom stereocenters. The first-order valence-electron chi connectivity index (χ1n) is 5.67. The van der Waals surface area contributed by atoms with Crippen LogP contribution in [0.4, 0.5) is 0 Å². The van der Waals surface area contributed by atoms with Gasteiger partial charge in [-0.2, -0.15) is 0 Å². The molecule has 0 radical (unpaired) electrons. The minimum Gasteiger partial charge on any atom is -0.353 e. The first-order valence-corrected chi connectivity index (χ1v) is 5.67. The topological polar surface area (TPSA) is 21.7 Å². The maximum Gasteiger partial charge on any atom is 0.158 e. The number of ether oxygens (including phenoxy) is 2. The zero-order valence-electron chi connectivity index (χ0n) is 9.66. The Balaban J connectivity index is 2.12. The maximum absolute atomic E-state index is 5.49. The van der Waals surface area contributed by atoms with E-state index < -0.39 is 0 Å². The van der Waals surface area contributed by atoms with Gasteiger partial charge in [0.05, 0.1) is 13.2 Å². The summed E-state index contributed by atoms with van der Waals surface area (Å²) in [5.41, 5.74) is 0. The van der Waals surface area contributed by atoms with Crippen molar-refractivity contribution in [3.8, 4) is 0 Å². The Morgan fingerprint density at radius 2 is 2.00 bits per heavy atom. The minimum absolute atomic E-state index is 0.0373. The fourth-order valence-corrected chi connectivity index (χ4v) is 1.54. The van der Waals surface area contributed by atoms with E-state index in [9.17, 15) is 0 Å². The molecule has 0 aromatic carbocycles. The van der Waals surface area contributed by atoms with E-state index in [1.807, 2.05) is 0 Å². The summed E-state index contributed by atoms with van der Waals surface area (Å²) >= 11 is 0. The average Bonchev–Trinajstić information content (AvgIpc) is 2.26. The van der Waals surface area contributed by atoms with Gasteiger partial charge in [-0.25, -0.2) is 0 Å². The van der Waals surface area contributed by atoms with Crippen molar-refractivity contribution in [1.82, 2.24) is 4.90 Å². The lowest BCUT2D eigenvalue weighted by atomic mass is 10.2. The molecule has 84 valence electrons. The molecule has 1 heterocycles. The van der Waals surface area contributed by atoms with Crippen molar-refractivity contribution in [3.63, 3.8) is 0 Å². The Hall–Kier alpha value is -0.120. The van der Waals surface area contributed by atoms with Crippen LogP contribution in [0.2, 0.25) is 0 Å². The smallest absolute Gasteiger partial charge is 0.158 e. The highest BCUT2D eigenvalue weighted by atomic mass is 16.7. The van der Waals surface area contributed by atoms with Gasteiger partial charge in [0.15, 0.2) is 6.29 Å². The first kappa shape index (κ1) is 12.0. The van der Waals surface area contributed by atoms with Gasteiger partial charge < -0.3 is 14.4 Å². The highest BCUT2D eigenvalue weighted by molar-refractivity contribution is 4.62. The summed E-state index contributed by atoms with van der Waals surface area (Å²) in [5, 5.41) is 0. The van der Waals surface area contributed by atoms with E-state index in [4.69, 9.17) is 9.47 Å². The lowest BCUT2D eigenvalue weighted by Crippen LogP contribution is -2.34. The van der Waals surface area contributed by atoms with Crippen molar-refractivity contribution in [3.05, 3.63) is 0 Å². The SMILES string of the molecule is CCC(C)N(C)CCC1OCCCO1. The Morgan fingerprint density at radius 3 is 2.57 bits per heavy atom. The molecule has 0 spiro atoms. The molecule has 1 aliphatic heterocycles. The fourth-order valence-electron chi connectivity index (χ4n) is 1.54. The molecule has 0 bridgehead atoms. The summed E-state index contributed by atoms with van der Waals surface area (Å²) in [6.45, 7) is 7.24. The summed E-state index contributed by atoms with van der Waals surface area (Å²) in [7, 11) is 2.16. The molecular weight excluding hydrogens is 178 g/mol. The van der Waals surface area contributed by atoms with Gasteiger partial charge in [-0.3, -0.25) is 0 Å². The fraction of sp³-hybridized carbons (Fsp3) is 1.00. The third kappa shape index (κ3) is 3.95. The van der Waals surface area contributed by atoms with E-state index in [0.29, 0.717) is 6.04 Å². The second-order valence-corrected chi connectivity index (χ2v) is 4.05. The second kappa shape index (κ2) is 6.38. The molecule has 1 unspecified atom stereocenters.